The molecule has 194 valence electrons. The first-order valence-corrected chi connectivity index (χ1v) is 12.7. The Kier molecular flexibility index (Phi) is 10.6. The zero-order chi connectivity index (χ0) is 25.5. The van der Waals surface area contributed by atoms with E-state index in [2.05, 4.69) is 14.8 Å². The van der Waals surface area contributed by atoms with Crippen molar-refractivity contribution in [2.24, 2.45) is 5.73 Å². The Morgan fingerprint density at radius 2 is 2.12 bits per heavy atom. The molecule has 1 aromatic heterocycles. The number of hydrogen-bond donors (Lipinski definition) is 4. The summed E-state index contributed by atoms with van der Waals surface area (Å²) in [5.74, 6) is -0.493. The normalized spacial score (nSPS) is 23.1. The van der Waals surface area contributed by atoms with Gasteiger partial charge in [0.15, 0.2) is 0 Å². The van der Waals surface area contributed by atoms with Gasteiger partial charge in [-0.2, -0.15) is 0 Å². The maximum Gasteiger partial charge on any atom is 0.406 e. The molecule has 0 amide bonds. The van der Waals surface area contributed by atoms with Crippen molar-refractivity contribution in [1.29, 1.82) is 0 Å². The molecule has 14 heteroatoms. The molecule has 1 aliphatic heterocycles. The molecule has 1 unspecified atom stereocenters. The van der Waals surface area contributed by atoms with Gasteiger partial charge in [-0.3, -0.25) is 28.2 Å². The number of hydrogen-bond acceptors (Lipinski definition) is 10. The second kappa shape index (κ2) is 12.7. The highest BCUT2D eigenvalue weighted by Gasteiger charge is 2.42. The first-order chi connectivity index (χ1) is 16.0. The van der Waals surface area contributed by atoms with E-state index in [0.29, 0.717) is 24.8 Å². The van der Waals surface area contributed by atoms with E-state index in [4.69, 9.17) is 19.5 Å². The topological polar surface area (TPSA) is 184 Å². The Balaban J connectivity index is 2.04. The van der Waals surface area contributed by atoms with Gasteiger partial charge in [0.05, 0.1) is 19.8 Å². The summed E-state index contributed by atoms with van der Waals surface area (Å²) in [7, 11) is -2.55. The average molecular weight is 506 g/mol. The number of nitrogens with one attached hydrogen (secondary N) is 2. The molecule has 1 aliphatic rings. The van der Waals surface area contributed by atoms with Crippen LogP contribution >= 0.6 is 7.75 Å². The highest BCUT2D eigenvalue weighted by molar-refractivity contribution is 7.51. The molecule has 1 fully saturated rings. The number of ether oxygens (including phenoxy) is 2. The second-order valence-corrected chi connectivity index (χ2v) is 10.1. The zero-order valence-corrected chi connectivity index (χ0v) is 20.8. The van der Waals surface area contributed by atoms with Gasteiger partial charge in [-0.15, -0.1) is 0 Å². The number of unbranched alkanes of at least 4 members (excludes halogenated alkanes) is 1. The lowest BCUT2D eigenvalue weighted by Crippen LogP contribution is -2.33. The van der Waals surface area contributed by atoms with Crippen LogP contribution in [0.4, 0.5) is 0 Å². The summed E-state index contributed by atoms with van der Waals surface area (Å²) in [6, 6.07) is -0.724. The fourth-order valence-corrected chi connectivity index (χ4v) is 5.24. The largest absolute Gasteiger partial charge is 0.468 e. The first-order valence-electron chi connectivity index (χ1n) is 11.1. The van der Waals surface area contributed by atoms with Crippen molar-refractivity contribution in [3.63, 3.8) is 0 Å². The molecule has 13 nitrogen and oxygen atoms in total. The minimum atomic E-state index is -3.82. The number of aromatic nitrogens is 2. The van der Waals surface area contributed by atoms with Crippen LogP contribution in [0.5, 0.6) is 0 Å². The number of esters is 1. The molecular weight excluding hydrogens is 471 g/mol. The number of aryl methyl sites for hydroxylation is 1. The molecule has 0 aromatic carbocycles. The minimum Gasteiger partial charge on any atom is -0.468 e. The number of methoxy groups -OCH3 is 1. The fraction of sp³-hybridized carbons (Fsp3) is 0.750. The molecular formula is C20H35N4O9P. The lowest BCUT2D eigenvalue weighted by atomic mass is 10.1. The summed E-state index contributed by atoms with van der Waals surface area (Å²) >= 11 is 0. The van der Waals surface area contributed by atoms with E-state index in [9.17, 15) is 24.1 Å². The number of carbonyl (C=O) groups is 1. The van der Waals surface area contributed by atoms with Crippen molar-refractivity contribution >= 4 is 13.7 Å². The second-order valence-electron chi connectivity index (χ2n) is 8.36. The number of rotatable bonds is 13. The molecule has 0 saturated carbocycles. The van der Waals surface area contributed by atoms with E-state index in [1.54, 1.807) is 20.8 Å². The van der Waals surface area contributed by atoms with Crippen LogP contribution < -0.4 is 22.1 Å². The molecule has 1 saturated heterocycles. The van der Waals surface area contributed by atoms with Crippen molar-refractivity contribution in [3.8, 4) is 0 Å². The number of nitrogens with two attached hydrogens (primary N) is 1. The monoisotopic (exact) mass is 506 g/mol. The fourth-order valence-electron chi connectivity index (χ4n) is 3.48. The van der Waals surface area contributed by atoms with Gasteiger partial charge in [-0.1, -0.05) is 6.42 Å². The summed E-state index contributed by atoms with van der Waals surface area (Å²) < 4.78 is 36.3. The smallest absolute Gasteiger partial charge is 0.406 e. The van der Waals surface area contributed by atoms with Crippen LogP contribution in [-0.4, -0.2) is 65.2 Å². The van der Waals surface area contributed by atoms with E-state index >= 15 is 0 Å². The number of aliphatic hydroxyl groups excluding tert-OH is 1. The predicted molar refractivity (Wildman–Crippen MR) is 122 cm³/mol. The zero-order valence-electron chi connectivity index (χ0n) is 19.9. The van der Waals surface area contributed by atoms with Crippen LogP contribution in [0.2, 0.25) is 0 Å². The van der Waals surface area contributed by atoms with Crippen LogP contribution in [0.3, 0.4) is 0 Å². The van der Waals surface area contributed by atoms with Crippen molar-refractivity contribution in [3.05, 3.63) is 32.6 Å². The number of carbonyl (C=O) groups excluding carboxylic acids is 1. The molecule has 1 aromatic rings. The van der Waals surface area contributed by atoms with Gasteiger partial charge < -0.3 is 20.3 Å². The molecule has 5 atom stereocenters. The Morgan fingerprint density at radius 1 is 1.41 bits per heavy atom. The van der Waals surface area contributed by atoms with E-state index in [1.807, 2.05) is 0 Å². The molecule has 34 heavy (non-hydrogen) atoms. The lowest BCUT2D eigenvalue weighted by Gasteiger charge is -2.26. The molecule has 2 heterocycles. The first kappa shape index (κ1) is 28.4. The highest BCUT2D eigenvalue weighted by Crippen LogP contribution is 2.49. The van der Waals surface area contributed by atoms with Crippen LogP contribution in [0.15, 0.2) is 15.8 Å². The van der Waals surface area contributed by atoms with Gasteiger partial charge in [-0.05, 0) is 33.6 Å². The van der Waals surface area contributed by atoms with Crippen LogP contribution in [0.1, 0.15) is 51.3 Å². The van der Waals surface area contributed by atoms with Gasteiger partial charge in [-0.25, -0.2) is 14.4 Å². The van der Waals surface area contributed by atoms with Gasteiger partial charge in [0.2, 0.25) is 0 Å². The third-order valence-corrected chi connectivity index (χ3v) is 7.05. The third kappa shape index (κ3) is 7.84. The number of aliphatic hydroxyl groups is 1. The van der Waals surface area contributed by atoms with Crippen LogP contribution in [-0.2, 0) is 27.9 Å². The van der Waals surface area contributed by atoms with Gasteiger partial charge in [0, 0.05) is 24.7 Å². The van der Waals surface area contributed by atoms with Crippen molar-refractivity contribution in [2.45, 2.75) is 77.0 Å². The maximum atomic E-state index is 13.4. The summed E-state index contributed by atoms with van der Waals surface area (Å²) in [6.45, 7) is 4.77. The lowest BCUT2D eigenvalue weighted by molar-refractivity contribution is -0.142. The van der Waals surface area contributed by atoms with Crippen LogP contribution in [0.25, 0.3) is 0 Å². The Bertz CT molecular complexity index is 980. The molecule has 0 bridgehead atoms. The molecule has 2 rings (SSSR count). The summed E-state index contributed by atoms with van der Waals surface area (Å²) in [6.07, 6.45) is 0.00194. The van der Waals surface area contributed by atoms with Crippen molar-refractivity contribution in [1.82, 2.24) is 14.6 Å². The number of H-pyrrole nitrogens is 1. The Morgan fingerprint density at radius 3 is 2.74 bits per heavy atom. The summed E-state index contributed by atoms with van der Waals surface area (Å²) in [5, 5.41) is 12.6. The van der Waals surface area contributed by atoms with Gasteiger partial charge in [0.25, 0.3) is 5.56 Å². The average Bonchev–Trinajstić information content (AvgIpc) is 3.16. The van der Waals surface area contributed by atoms with Crippen molar-refractivity contribution < 1.29 is 33.0 Å². The number of nitrogens with zero attached hydrogens (tertiary/aromatic N) is 1. The predicted octanol–water partition coefficient (Wildman–Crippen LogP) is 0.303. The Hall–Kier alpha value is -1.86. The van der Waals surface area contributed by atoms with E-state index in [0.717, 1.165) is 0 Å². The molecule has 5 N–H and O–H groups in total. The number of aromatic amines is 1. The maximum absolute atomic E-state index is 13.4. The van der Waals surface area contributed by atoms with Gasteiger partial charge >= 0.3 is 19.4 Å². The highest BCUT2D eigenvalue weighted by atomic mass is 31.2. The summed E-state index contributed by atoms with van der Waals surface area (Å²) in [4.78, 5) is 37.4. The van der Waals surface area contributed by atoms with E-state index < -0.39 is 62.2 Å². The Labute approximate surface area is 197 Å². The standard InChI is InChI=1S/C20H35N4O9P/c1-12(2)32-34(29,22-8-6-5-7-14(21)19(27)30-4)33-15-9-17(31-16(15)11-25)24-10-13(3)18(26)23-20(24)28/h10,12,14-17,25H,5-9,11,21H2,1-4H3,(H,22,29)(H,23,26,28)/t14-,15-,16+,17+,34?/m0/s1. The van der Waals surface area contributed by atoms with E-state index in [1.165, 1.54) is 17.9 Å². The minimum absolute atomic E-state index is 0.0950. The third-order valence-electron chi connectivity index (χ3n) is 5.19. The molecule has 0 radical (unpaired) electrons. The van der Waals surface area contributed by atoms with Crippen molar-refractivity contribution in [2.75, 3.05) is 20.3 Å². The SMILES string of the molecule is COC(=O)[C@@H](N)CCCCNP(=O)(OC(C)C)O[C@H]1C[C@H](n2cc(C)c(=O)[nH]c2=O)O[C@@H]1CO. The summed E-state index contributed by atoms with van der Waals surface area (Å²) in [5.41, 5.74) is 4.86. The molecule has 0 aliphatic carbocycles. The van der Waals surface area contributed by atoms with Gasteiger partial charge in [0.1, 0.15) is 24.5 Å². The quantitative estimate of drug-likeness (QED) is 0.164. The van der Waals surface area contributed by atoms with Crippen LogP contribution in [0, 0.1) is 6.92 Å². The van der Waals surface area contributed by atoms with E-state index in [-0.39, 0.29) is 13.0 Å². The molecule has 0 spiro atoms.